The van der Waals surface area contributed by atoms with Crippen LogP contribution >= 0.6 is 0 Å². The Morgan fingerprint density at radius 2 is 2.00 bits per heavy atom. The second-order valence-corrected chi connectivity index (χ2v) is 9.27. The predicted octanol–water partition coefficient (Wildman–Crippen LogP) is 1.82. The lowest BCUT2D eigenvalue weighted by molar-refractivity contribution is 0.372. The number of hydrogen-bond donors (Lipinski definition) is 1. The van der Waals surface area contributed by atoms with Crippen molar-refractivity contribution in [2.24, 2.45) is 0 Å². The molecule has 140 valence electrons. The zero-order valence-corrected chi connectivity index (χ0v) is 16.2. The number of benzene rings is 1. The monoisotopic (exact) mass is 377 g/mol. The molecule has 0 spiro atoms. The van der Waals surface area contributed by atoms with Gasteiger partial charge in [0.1, 0.15) is 10.6 Å². The molecule has 0 unspecified atom stereocenters. The number of H-pyrrole nitrogens is 1. The second kappa shape index (κ2) is 6.51. The number of fused-ring (bicyclic) bond motifs is 1. The topological polar surface area (TPSA) is 92.4 Å². The van der Waals surface area contributed by atoms with E-state index in [0.29, 0.717) is 23.4 Å². The Bertz CT molecular complexity index is 990. The number of rotatable bonds is 3. The third-order valence-electron chi connectivity index (χ3n) is 4.62. The summed E-state index contributed by atoms with van der Waals surface area (Å²) < 4.78 is 33.2. The highest BCUT2D eigenvalue weighted by Gasteiger charge is 2.33. The van der Waals surface area contributed by atoms with Gasteiger partial charge >= 0.3 is 0 Å². The van der Waals surface area contributed by atoms with E-state index in [9.17, 15) is 13.2 Å². The summed E-state index contributed by atoms with van der Waals surface area (Å²) in [5.74, 6) is 0.308. The quantitative estimate of drug-likeness (QED) is 0.881. The van der Waals surface area contributed by atoms with Gasteiger partial charge in [-0.1, -0.05) is 26.8 Å². The Morgan fingerprint density at radius 3 is 2.65 bits per heavy atom. The minimum Gasteiger partial charge on any atom is -0.495 e. The molecule has 1 aromatic heterocycles. The molecular weight excluding hydrogens is 354 g/mol. The highest BCUT2D eigenvalue weighted by atomic mass is 32.2. The van der Waals surface area contributed by atoms with Crippen molar-refractivity contribution in [2.45, 2.75) is 44.0 Å². The van der Waals surface area contributed by atoms with Crippen molar-refractivity contribution in [3.63, 3.8) is 0 Å². The summed E-state index contributed by atoms with van der Waals surface area (Å²) in [6.45, 7) is 6.38. The first-order valence-electron chi connectivity index (χ1n) is 8.38. The van der Waals surface area contributed by atoms with Crippen molar-refractivity contribution in [3.8, 4) is 5.75 Å². The van der Waals surface area contributed by atoms with Crippen LogP contribution in [0.5, 0.6) is 5.75 Å². The largest absolute Gasteiger partial charge is 0.495 e. The average Bonchev–Trinajstić information content (AvgIpc) is 2.60. The number of nitrogens with zero attached hydrogens (tertiary/aromatic N) is 2. The number of nitrogens with one attached hydrogen (secondary N) is 1. The van der Waals surface area contributed by atoms with Crippen molar-refractivity contribution in [1.29, 1.82) is 0 Å². The molecule has 1 aromatic carbocycles. The van der Waals surface area contributed by atoms with Gasteiger partial charge in [-0.3, -0.25) is 4.79 Å². The van der Waals surface area contributed by atoms with Gasteiger partial charge in [0.05, 0.1) is 25.7 Å². The summed E-state index contributed by atoms with van der Waals surface area (Å²) in [4.78, 5) is 18.7. The summed E-state index contributed by atoms with van der Waals surface area (Å²) in [5.41, 5.74) is 1.55. The van der Waals surface area contributed by atoms with Gasteiger partial charge in [0.25, 0.3) is 5.56 Å². The van der Waals surface area contributed by atoms with Crippen LogP contribution in [-0.4, -0.2) is 36.3 Å². The lowest BCUT2D eigenvalue weighted by atomic mass is 9.87. The normalized spacial score (nSPS) is 15.5. The van der Waals surface area contributed by atoms with Gasteiger partial charge in [0.15, 0.2) is 0 Å². The molecule has 8 heteroatoms. The van der Waals surface area contributed by atoms with Crippen LogP contribution in [0.1, 0.15) is 37.6 Å². The van der Waals surface area contributed by atoms with E-state index in [1.54, 1.807) is 12.1 Å². The van der Waals surface area contributed by atoms with Crippen LogP contribution in [0.15, 0.2) is 34.2 Å². The van der Waals surface area contributed by atoms with Crippen molar-refractivity contribution < 1.29 is 13.2 Å². The second-order valence-electron chi connectivity index (χ2n) is 7.36. The average molecular weight is 377 g/mol. The molecule has 0 saturated heterocycles. The van der Waals surface area contributed by atoms with Crippen LogP contribution in [0.4, 0.5) is 0 Å². The Kier molecular flexibility index (Phi) is 4.66. The van der Waals surface area contributed by atoms with Gasteiger partial charge in [-0.2, -0.15) is 4.31 Å². The van der Waals surface area contributed by atoms with E-state index in [4.69, 9.17) is 4.74 Å². The number of hydrogen-bond acceptors (Lipinski definition) is 5. The molecule has 0 fully saturated rings. The van der Waals surface area contributed by atoms with Crippen LogP contribution < -0.4 is 10.3 Å². The van der Waals surface area contributed by atoms with E-state index in [1.807, 2.05) is 26.8 Å². The Labute approximate surface area is 153 Å². The maximum atomic E-state index is 13.3. The fraction of sp³-hybridized carbons (Fsp3) is 0.444. The number of aromatic nitrogens is 2. The van der Waals surface area contributed by atoms with Gasteiger partial charge in [-0.05, 0) is 29.5 Å². The van der Waals surface area contributed by atoms with Crippen molar-refractivity contribution in [2.75, 3.05) is 13.7 Å². The molecule has 3 rings (SSSR count). The molecule has 1 aliphatic heterocycles. The SMILES string of the molecule is COc1ccc(C(C)(C)C)cc1S(=O)(=O)N1CCc2c(nc[nH]c2=O)C1. The third kappa shape index (κ3) is 3.26. The van der Waals surface area contributed by atoms with Crippen LogP contribution in [0, 0.1) is 0 Å². The van der Waals surface area contributed by atoms with Crippen LogP contribution in [-0.2, 0) is 28.4 Å². The first-order valence-corrected chi connectivity index (χ1v) is 9.82. The van der Waals surface area contributed by atoms with Gasteiger partial charge in [-0.25, -0.2) is 13.4 Å². The van der Waals surface area contributed by atoms with Gasteiger partial charge in [-0.15, -0.1) is 0 Å². The lowest BCUT2D eigenvalue weighted by Gasteiger charge is -2.28. The van der Waals surface area contributed by atoms with E-state index in [0.717, 1.165) is 5.56 Å². The van der Waals surface area contributed by atoms with Crippen LogP contribution in [0.25, 0.3) is 0 Å². The summed E-state index contributed by atoms with van der Waals surface area (Å²) in [6.07, 6.45) is 1.64. The maximum Gasteiger partial charge on any atom is 0.254 e. The standard InChI is InChI=1S/C18H23N3O4S/c1-18(2,3)12-5-6-15(25-4)16(9-12)26(23,24)21-8-7-13-14(10-21)19-11-20-17(13)22/h5-6,9,11H,7-8,10H2,1-4H3,(H,19,20,22). The fourth-order valence-electron chi connectivity index (χ4n) is 3.03. The molecule has 7 nitrogen and oxygen atoms in total. The van der Waals surface area contributed by atoms with E-state index in [-0.39, 0.29) is 29.0 Å². The van der Waals surface area contributed by atoms with Gasteiger partial charge in [0.2, 0.25) is 10.0 Å². The van der Waals surface area contributed by atoms with E-state index >= 15 is 0 Å². The van der Waals surface area contributed by atoms with Crippen molar-refractivity contribution in [3.05, 3.63) is 51.7 Å². The molecule has 0 aliphatic carbocycles. The number of ether oxygens (including phenoxy) is 1. The Hall–Kier alpha value is -2.19. The number of sulfonamides is 1. The van der Waals surface area contributed by atoms with Crippen LogP contribution in [0.3, 0.4) is 0 Å². The highest BCUT2D eigenvalue weighted by Crippen LogP contribution is 2.33. The summed E-state index contributed by atoms with van der Waals surface area (Å²) in [6, 6.07) is 5.24. The Balaban J connectivity index is 2.05. The van der Waals surface area contributed by atoms with E-state index in [1.165, 1.54) is 17.7 Å². The first kappa shape index (κ1) is 18.6. The molecule has 1 aliphatic rings. The summed E-state index contributed by atoms with van der Waals surface area (Å²) in [7, 11) is -2.33. The van der Waals surface area contributed by atoms with E-state index in [2.05, 4.69) is 9.97 Å². The molecule has 0 radical (unpaired) electrons. The lowest BCUT2D eigenvalue weighted by Crippen LogP contribution is -2.39. The fourth-order valence-corrected chi connectivity index (χ4v) is 4.61. The summed E-state index contributed by atoms with van der Waals surface area (Å²) in [5, 5.41) is 0. The molecule has 2 heterocycles. The molecule has 1 N–H and O–H groups in total. The third-order valence-corrected chi connectivity index (χ3v) is 6.49. The van der Waals surface area contributed by atoms with Gasteiger partial charge in [0, 0.05) is 12.1 Å². The maximum absolute atomic E-state index is 13.3. The van der Waals surface area contributed by atoms with Crippen molar-refractivity contribution >= 4 is 10.0 Å². The van der Waals surface area contributed by atoms with Crippen molar-refractivity contribution in [1.82, 2.24) is 14.3 Å². The molecule has 26 heavy (non-hydrogen) atoms. The zero-order chi connectivity index (χ0) is 19.1. The van der Waals surface area contributed by atoms with E-state index < -0.39 is 10.0 Å². The molecular formula is C18H23N3O4S. The molecule has 0 atom stereocenters. The minimum atomic E-state index is -3.79. The minimum absolute atomic E-state index is 0.0739. The first-order chi connectivity index (χ1) is 12.1. The smallest absolute Gasteiger partial charge is 0.254 e. The number of methoxy groups -OCH3 is 1. The highest BCUT2D eigenvalue weighted by molar-refractivity contribution is 7.89. The molecule has 0 amide bonds. The Morgan fingerprint density at radius 1 is 1.27 bits per heavy atom. The molecule has 0 bridgehead atoms. The predicted molar refractivity (Wildman–Crippen MR) is 97.9 cm³/mol. The molecule has 2 aromatic rings. The number of aromatic amines is 1. The van der Waals surface area contributed by atoms with Gasteiger partial charge < -0.3 is 9.72 Å². The zero-order valence-electron chi connectivity index (χ0n) is 15.4. The van der Waals surface area contributed by atoms with Crippen LogP contribution in [0.2, 0.25) is 0 Å². The molecule has 0 saturated carbocycles. The summed E-state index contributed by atoms with van der Waals surface area (Å²) >= 11 is 0.